The fraction of sp³-hybridized carbons (Fsp3) is 0.756. The number of ether oxygens (including phenoxy) is 1. The van der Waals surface area contributed by atoms with Crippen molar-refractivity contribution < 1.29 is 13.6 Å². The Morgan fingerprint density at radius 1 is 0.673 bits per heavy atom. The summed E-state index contributed by atoms with van der Waals surface area (Å²) in [7, 11) is -15.7. The summed E-state index contributed by atoms with van der Waals surface area (Å²) in [4.78, 5) is 0. The van der Waals surface area contributed by atoms with Crippen LogP contribution in [0.15, 0.2) is 53.4 Å². The molecule has 52 heavy (non-hydrogen) atoms. The summed E-state index contributed by atoms with van der Waals surface area (Å²) < 4.78 is 23.3. The first kappa shape index (κ1) is 48.5. The third-order valence-corrected chi connectivity index (χ3v) is 92.1. The van der Waals surface area contributed by atoms with Gasteiger partial charge in [-0.2, -0.15) is 0 Å². The first-order valence-corrected chi connectivity index (χ1v) is 49.1. The zero-order chi connectivity index (χ0) is 41.3. The van der Waals surface area contributed by atoms with Crippen LogP contribution < -0.4 is 0 Å². The van der Waals surface area contributed by atoms with E-state index in [4.69, 9.17) is 20.2 Å². The highest BCUT2D eigenvalue weighted by Crippen LogP contribution is 2.63. The average Bonchev–Trinajstić information content (AvgIpc) is 2.96. The standard InChI is InChI=1S/C41H86O3Si8/c1-33-35(52(49(21,22)23,50(24,25)26)38(39(2,3)4)43-45(9,10)11)32-51(47(15,16)17,48(18,19)20)41(40(5,6)7,44-46(12,13)14)36(37(33)42-8)34-30-28-27-29-31-34/h27-32,36-38H,1H2,2-26H3. The van der Waals surface area contributed by atoms with Crippen LogP contribution in [0.3, 0.4) is 0 Å². The van der Waals surface area contributed by atoms with E-state index >= 15 is 0 Å². The Bertz CT molecular complexity index is 1410. The monoisotopic (exact) mass is 850 g/mol. The molecule has 1 aliphatic rings. The quantitative estimate of drug-likeness (QED) is 0.196. The van der Waals surface area contributed by atoms with Crippen molar-refractivity contribution in [2.75, 3.05) is 7.11 Å². The molecule has 1 aliphatic heterocycles. The van der Waals surface area contributed by atoms with Crippen LogP contribution in [0.4, 0.5) is 0 Å². The van der Waals surface area contributed by atoms with Crippen molar-refractivity contribution in [2.45, 2.75) is 182 Å². The highest BCUT2D eigenvalue weighted by Gasteiger charge is 2.76. The highest BCUT2D eigenvalue weighted by atomic mass is 29.6. The lowest BCUT2D eigenvalue weighted by Gasteiger charge is -2.68. The van der Waals surface area contributed by atoms with Gasteiger partial charge in [0.25, 0.3) is 0 Å². The molecule has 0 saturated carbocycles. The van der Waals surface area contributed by atoms with Crippen molar-refractivity contribution in [1.82, 2.24) is 0 Å². The molecule has 4 unspecified atom stereocenters. The van der Waals surface area contributed by atoms with Gasteiger partial charge in [-0.15, -0.1) is 0 Å². The topological polar surface area (TPSA) is 27.7 Å². The Hall–Kier alpha value is 0.315. The number of methoxy groups -OCH3 is 1. The number of rotatable bonds is 12. The van der Waals surface area contributed by atoms with E-state index in [2.05, 4.69) is 195 Å². The van der Waals surface area contributed by atoms with Crippen LogP contribution in [0.1, 0.15) is 53.0 Å². The minimum Gasteiger partial charge on any atom is -0.417 e. The summed E-state index contributed by atoms with van der Waals surface area (Å²) in [6.45, 7) is 67.9. The Morgan fingerprint density at radius 2 is 1.10 bits per heavy atom. The van der Waals surface area contributed by atoms with Gasteiger partial charge in [0.1, 0.15) is 14.2 Å². The third-order valence-electron chi connectivity index (χ3n) is 12.2. The molecule has 0 saturated heterocycles. The van der Waals surface area contributed by atoms with Crippen LogP contribution >= 0.6 is 0 Å². The molecule has 2 rings (SSSR count). The maximum atomic E-state index is 8.39. The van der Waals surface area contributed by atoms with Crippen LogP contribution in [-0.2, 0) is 13.6 Å². The molecule has 4 atom stereocenters. The molecule has 1 heterocycles. The molecule has 3 nitrogen and oxygen atoms in total. The zero-order valence-corrected chi connectivity index (χ0v) is 47.1. The van der Waals surface area contributed by atoms with Crippen LogP contribution in [-0.4, -0.2) is 85.4 Å². The molecule has 0 fully saturated rings. The van der Waals surface area contributed by atoms with Crippen LogP contribution in [0.5, 0.6) is 0 Å². The van der Waals surface area contributed by atoms with Crippen molar-refractivity contribution in [3.63, 3.8) is 0 Å². The van der Waals surface area contributed by atoms with Gasteiger partial charge in [0.05, 0.1) is 11.3 Å². The second kappa shape index (κ2) is 14.9. The fourth-order valence-corrected chi connectivity index (χ4v) is 119. The molecule has 1 aromatic carbocycles. The first-order valence-electron chi connectivity index (χ1n) is 20.1. The molecule has 0 amide bonds. The van der Waals surface area contributed by atoms with Gasteiger partial charge in [-0.05, 0) is 61.2 Å². The van der Waals surface area contributed by atoms with Gasteiger partial charge in [0.2, 0.25) is 0 Å². The van der Waals surface area contributed by atoms with E-state index in [1.165, 1.54) is 11.1 Å². The third kappa shape index (κ3) is 8.45. The number of benzene rings is 1. The lowest BCUT2D eigenvalue weighted by molar-refractivity contribution is -0.0369. The Labute approximate surface area is 332 Å². The molecule has 0 aliphatic carbocycles. The molecular formula is C41H86O3Si8. The molecule has 0 aromatic heterocycles. The summed E-state index contributed by atoms with van der Waals surface area (Å²) in [5.41, 5.74) is 5.76. The highest BCUT2D eigenvalue weighted by molar-refractivity contribution is 7.74. The minimum atomic E-state index is -2.68. The second-order valence-electron chi connectivity index (χ2n) is 24.4. The predicted octanol–water partition coefficient (Wildman–Crippen LogP) is 12.9. The Morgan fingerprint density at radius 3 is 1.38 bits per heavy atom. The summed E-state index contributed by atoms with van der Waals surface area (Å²) in [6, 6.07) is 11.5. The van der Waals surface area contributed by atoms with Crippen LogP contribution in [0.2, 0.25) is 118 Å². The van der Waals surface area contributed by atoms with E-state index in [0.717, 1.165) is 0 Å². The van der Waals surface area contributed by atoms with Crippen LogP contribution in [0.25, 0.3) is 0 Å². The predicted molar refractivity (Wildman–Crippen MR) is 256 cm³/mol. The molecule has 0 spiro atoms. The molecule has 11 heteroatoms. The van der Waals surface area contributed by atoms with Crippen molar-refractivity contribution in [3.8, 4) is 0 Å². The Kier molecular flexibility index (Phi) is 13.9. The summed E-state index contributed by atoms with van der Waals surface area (Å²) in [5.74, 6) is 0.0118. The van der Waals surface area contributed by atoms with Gasteiger partial charge in [0, 0.05) is 49.1 Å². The van der Waals surface area contributed by atoms with E-state index in [-0.39, 0.29) is 28.6 Å². The molecule has 1 aromatic rings. The summed E-state index contributed by atoms with van der Waals surface area (Å²) in [6.07, 6.45) is -0.210. The van der Waals surface area contributed by atoms with E-state index in [9.17, 15) is 0 Å². The Balaban J connectivity index is 3.83. The van der Waals surface area contributed by atoms with Crippen molar-refractivity contribution >= 4 is 61.2 Å². The molecule has 300 valence electrons. The molecule has 0 radical (unpaired) electrons. The SMILES string of the molecule is C=C1C([Si](C(O[Si](C)(C)C)C(C)(C)C)([Si](C)(C)C)[Si](C)(C)C)=C[Si]([Si](C)(C)C)([Si](C)(C)C)C(O[Si](C)(C)C)(C(C)(C)C)C(c2ccccc2)C1OC. The van der Waals surface area contributed by atoms with Gasteiger partial charge in [-0.25, -0.2) is 0 Å². The lowest BCUT2D eigenvalue weighted by Crippen LogP contribution is -2.88. The molecule has 0 bridgehead atoms. The first-order chi connectivity index (χ1) is 22.7. The van der Waals surface area contributed by atoms with Crippen molar-refractivity contribution in [2.24, 2.45) is 10.8 Å². The van der Waals surface area contributed by atoms with Gasteiger partial charge >= 0.3 is 0 Å². The van der Waals surface area contributed by atoms with E-state index in [1.54, 1.807) is 5.20 Å². The minimum absolute atomic E-state index is 0.0118. The maximum Gasteiger partial charge on any atom is 0.184 e. The lowest BCUT2D eigenvalue weighted by atomic mass is 9.73. The van der Waals surface area contributed by atoms with Gasteiger partial charge in [-0.1, -0.05) is 168 Å². The van der Waals surface area contributed by atoms with Gasteiger partial charge in [0.15, 0.2) is 16.6 Å². The maximum absolute atomic E-state index is 8.39. The summed E-state index contributed by atoms with van der Waals surface area (Å²) in [5, 5.41) is 1.25. The summed E-state index contributed by atoms with van der Waals surface area (Å²) >= 11 is 0. The molecular weight excluding hydrogens is 765 g/mol. The largest absolute Gasteiger partial charge is 0.417 e. The van der Waals surface area contributed by atoms with E-state index in [0.29, 0.717) is 0 Å². The fourth-order valence-electron chi connectivity index (χ4n) is 11.6. The smallest absolute Gasteiger partial charge is 0.184 e. The van der Waals surface area contributed by atoms with Crippen molar-refractivity contribution in [1.29, 1.82) is 0 Å². The molecule has 0 N–H and O–H groups in total. The number of hydrogen-bond donors (Lipinski definition) is 0. The van der Waals surface area contributed by atoms with E-state index in [1.807, 2.05) is 7.11 Å². The van der Waals surface area contributed by atoms with Gasteiger partial charge < -0.3 is 13.6 Å². The zero-order valence-electron chi connectivity index (χ0n) is 39.1. The van der Waals surface area contributed by atoms with Crippen LogP contribution in [0, 0.1) is 10.8 Å². The van der Waals surface area contributed by atoms with Gasteiger partial charge in [-0.3, -0.25) is 0 Å². The average molecular weight is 852 g/mol. The van der Waals surface area contributed by atoms with E-state index < -0.39 is 66.4 Å². The van der Waals surface area contributed by atoms with Crippen molar-refractivity contribution in [3.05, 3.63) is 58.9 Å². The number of hydrogen-bond acceptors (Lipinski definition) is 3. The normalized spacial score (nSPS) is 24.0. The second-order valence-corrected chi connectivity index (χ2v) is 87.1.